The molecule has 88 valence electrons. The predicted octanol–water partition coefficient (Wildman–Crippen LogP) is 2.74. The molecule has 0 aliphatic rings. The van der Waals surface area contributed by atoms with Crippen molar-refractivity contribution in [2.24, 2.45) is 0 Å². The summed E-state index contributed by atoms with van der Waals surface area (Å²) < 4.78 is 1.02. The molecule has 5 nitrogen and oxygen atoms in total. The van der Waals surface area contributed by atoms with Crippen molar-refractivity contribution >= 4 is 11.0 Å². The minimum absolute atomic E-state index is 0.349. The molecule has 0 atom stereocenters. The van der Waals surface area contributed by atoms with Gasteiger partial charge in [0.05, 0.1) is 5.52 Å². The van der Waals surface area contributed by atoms with Gasteiger partial charge in [-0.25, -0.2) is 15.1 Å². The smallest absolute Gasteiger partial charge is 0.207 e. The fraction of sp³-hybridized carbons (Fsp3) is 0. The van der Waals surface area contributed by atoms with Crippen LogP contribution < -0.4 is 0 Å². The lowest BCUT2D eigenvalue weighted by atomic mass is 10.2. The standard InChI is InChI=1S/C13H9N3O2/c17-16(18)15-12-9-5-4-8-11(12)14-13(15)10-6-2-1-3-7-10/h1-9H. The van der Waals surface area contributed by atoms with Gasteiger partial charge < -0.3 is 0 Å². The van der Waals surface area contributed by atoms with Crippen molar-refractivity contribution < 1.29 is 5.03 Å². The summed E-state index contributed by atoms with van der Waals surface area (Å²) in [5, 5.41) is 10.8. The number of nitrogens with zero attached hydrogens (tertiary/aromatic N) is 3. The lowest BCUT2D eigenvalue weighted by Gasteiger charge is -1.98. The SMILES string of the molecule is O=[N+]([O-])n1c(-c2ccccc2)nc2ccccc21. The third-order valence-electron chi connectivity index (χ3n) is 2.73. The average molecular weight is 239 g/mol. The number of imidazole rings is 1. The molecule has 0 saturated carbocycles. The van der Waals surface area contributed by atoms with Gasteiger partial charge in [0.1, 0.15) is 5.52 Å². The van der Waals surface area contributed by atoms with Crippen LogP contribution in [0.15, 0.2) is 54.6 Å². The summed E-state index contributed by atoms with van der Waals surface area (Å²) >= 11 is 0. The van der Waals surface area contributed by atoms with Crippen LogP contribution in [0.4, 0.5) is 0 Å². The van der Waals surface area contributed by atoms with Crippen LogP contribution in [0, 0.1) is 10.1 Å². The van der Waals surface area contributed by atoms with Crippen molar-refractivity contribution in [3.05, 3.63) is 64.7 Å². The second-order valence-corrected chi connectivity index (χ2v) is 3.84. The molecule has 0 saturated heterocycles. The summed E-state index contributed by atoms with van der Waals surface area (Å²) in [6, 6.07) is 16.2. The maximum absolute atomic E-state index is 11.2. The number of nitro groups is 1. The molecule has 0 spiro atoms. The molecule has 0 amide bonds. The molecule has 3 rings (SSSR count). The quantitative estimate of drug-likeness (QED) is 0.510. The Morgan fingerprint density at radius 2 is 1.67 bits per heavy atom. The van der Waals surface area contributed by atoms with Gasteiger partial charge >= 0.3 is 0 Å². The van der Waals surface area contributed by atoms with E-state index in [2.05, 4.69) is 4.98 Å². The van der Waals surface area contributed by atoms with Crippen LogP contribution in [-0.4, -0.2) is 14.7 Å². The minimum atomic E-state index is -0.447. The van der Waals surface area contributed by atoms with Crippen molar-refractivity contribution in [3.8, 4) is 11.4 Å². The Hall–Kier alpha value is -2.69. The molecule has 0 aliphatic carbocycles. The van der Waals surface area contributed by atoms with E-state index in [0.717, 1.165) is 10.2 Å². The first-order valence-electron chi connectivity index (χ1n) is 5.45. The van der Waals surface area contributed by atoms with Crippen LogP contribution >= 0.6 is 0 Å². The van der Waals surface area contributed by atoms with Gasteiger partial charge in [0, 0.05) is 5.56 Å². The second-order valence-electron chi connectivity index (χ2n) is 3.84. The number of benzene rings is 2. The molecule has 2 aromatic carbocycles. The van der Waals surface area contributed by atoms with Crippen molar-refractivity contribution in [1.82, 2.24) is 9.66 Å². The monoisotopic (exact) mass is 239 g/mol. The zero-order valence-corrected chi connectivity index (χ0v) is 9.35. The van der Waals surface area contributed by atoms with E-state index in [4.69, 9.17) is 0 Å². The highest BCUT2D eigenvalue weighted by molar-refractivity contribution is 5.79. The van der Waals surface area contributed by atoms with E-state index in [1.807, 2.05) is 24.3 Å². The molecule has 1 heterocycles. The topological polar surface area (TPSA) is 61.0 Å². The Labute approximate surface area is 102 Å². The molecule has 0 aliphatic heterocycles. The third-order valence-corrected chi connectivity index (χ3v) is 2.73. The highest BCUT2D eigenvalue weighted by Gasteiger charge is 2.19. The Balaban J connectivity index is 2.36. The number of para-hydroxylation sites is 2. The van der Waals surface area contributed by atoms with E-state index < -0.39 is 5.03 Å². The van der Waals surface area contributed by atoms with Crippen molar-refractivity contribution in [2.45, 2.75) is 0 Å². The number of hydrogen-bond donors (Lipinski definition) is 0. The molecular formula is C13H9N3O2. The van der Waals surface area contributed by atoms with Crippen LogP contribution in [0.5, 0.6) is 0 Å². The van der Waals surface area contributed by atoms with Crippen molar-refractivity contribution in [1.29, 1.82) is 0 Å². The van der Waals surface area contributed by atoms with Gasteiger partial charge in [-0.05, 0) is 16.8 Å². The van der Waals surface area contributed by atoms with Crippen LogP contribution in [0.3, 0.4) is 0 Å². The molecular weight excluding hydrogens is 230 g/mol. The molecule has 0 unspecified atom stereocenters. The van der Waals surface area contributed by atoms with Gasteiger partial charge in [-0.3, -0.25) is 0 Å². The number of aromatic nitrogens is 2. The Morgan fingerprint density at radius 1 is 1.00 bits per heavy atom. The van der Waals surface area contributed by atoms with Crippen LogP contribution in [0.1, 0.15) is 0 Å². The molecule has 3 aromatic rings. The maximum atomic E-state index is 11.2. The fourth-order valence-electron chi connectivity index (χ4n) is 1.95. The van der Waals surface area contributed by atoms with E-state index in [1.54, 1.807) is 30.3 Å². The third kappa shape index (κ3) is 1.53. The number of rotatable bonds is 2. The zero-order chi connectivity index (χ0) is 12.5. The first-order chi connectivity index (χ1) is 8.77. The van der Waals surface area contributed by atoms with Crippen molar-refractivity contribution in [3.63, 3.8) is 0 Å². The van der Waals surface area contributed by atoms with E-state index in [-0.39, 0.29) is 0 Å². The second kappa shape index (κ2) is 3.96. The van der Waals surface area contributed by atoms with E-state index in [1.165, 1.54) is 0 Å². The molecule has 1 aromatic heterocycles. The zero-order valence-electron chi connectivity index (χ0n) is 9.35. The fourth-order valence-corrected chi connectivity index (χ4v) is 1.95. The highest BCUT2D eigenvalue weighted by Crippen LogP contribution is 2.23. The Bertz CT molecular complexity index is 719. The lowest BCUT2D eigenvalue weighted by Crippen LogP contribution is -2.09. The summed E-state index contributed by atoms with van der Waals surface area (Å²) in [6.07, 6.45) is 0. The van der Waals surface area contributed by atoms with Crippen molar-refractivity contribution in [2.75, 3.05) is 0 Å². The normalized spacial score (nSPS) is 10.7. The molecule has 0 N–H and O–H groups in total. The van der Waals surface area contributed by atoms with Crippen LogP contribution in [0.25, 0.3) is 22.4 Å². The first-order valence-corrected chi connectivity index (χ1v) is 5.45. The van der Waals surface area contributed by atoms with Gasteiger partial charge in [-0.15, -0.1) is 0 Å². The van der Waals surface area contributed by atoms with Gasteiger partial charge in [-0.1, -0.05) is 42.5 Å². The van der Waals surface area contributed by atoms with Gasteiger partial charge in [0.25, 0.3) is 0 Å². The maximum Gasteiger partial charge on any atom is 0.207 e. The van der Waals surface area contributed by atoms with Crippen LogP contribution in [0.2, 0.25) is 0 Å². The summed E-state index contributed by atoms with van der Waals surface area (Å²) in [7, 11) is 0. The molecule has 18 heavy (non-hydrogen) atoms. The average Bonchev–Trinajstić information content (AvgIpc) is 2.79. The Kier molecular flexibility index (Phi) is 2.30. The van der Waals surface area contributed by atoms with Crippen LogP contribution in [-0.2, 0) is 0 Å². The van der Waals surface area contributed by atoms with Gasteiger partial charge in [-0.2, -0.15) is 0 Å². The molecule has 0 bridgehead atoms. The molecule has 0 fully saturated rings. The van der Waals surface area contributed by atoms with Gasteiger partial charge in [0.15, 0.2) is 5.03 Å². The largest absolute Gasteiger partial charge is 0.234 e. The summed E-state index contributed by atoms with van der Waals surface area (Å²) in [4.78, 5) is 15.5. The first kappa shape index (κ1) is 10.5. The highest BCUT2D eigenvalue weighted by atomic mass is 16.7. The molecule has 5 heteroatoms. The summed E-state index contributed by atoms with van der Waals surface area (Å²) in [6.45, 7) is 0. The van der Waals surface area contributed by atoms with Gasteiger partial charge in [0.2, 0.25) is 5.82 Å². The molecule has 0 radical (unpaired) electrons. The van der Waals surface area contributed by atoms with E-state index in [0.29, 0.717) is 16.9 Å². The predicted molar refractivity (Wildman–Crippen MR) is 67.6 cm³/mol. The summed E-state index contributed by atoms with van der Waals surface area (Å²) in [5.74, 6) is 0.349. The van der Waals surface area contributed by atoms with E-state index in [9.17, 15) is 10.1 Å². The summed E-state index contributed by atoms with van der Waals surface area (Å²) in [5.41, 5.74) is 1.85. The number of hydrogen-bond acceptors (Lipinski definition) is 3. The minimum Gasteiger partial charge on any atom is -0.234 e. The van der Waals surface area contributed by atoms with E-state index >= 15 is 0 Å². The number of fused-ring (bicyclic) bond motifs is 1. The Morgan fingerprint density at radius 3 is 2.39 bits per heavy atom. The lowest BCUT2D eigenvalue weighted by molar-refractivity contribution is -0.536.